The Morgan fingerprint density at radius 3 is 1.96 bits per heavy atom. The van der Waals surface area contributed by atoms with Crippen LogP contribution in [-0.4, -0.2) is 54.9 Å². The van der Waals surface area contributed by atoms with Crippen LogP contribution in [0.3, 0.4) is 0 Å². The van der Waals surface area contributed by atoms with Gasteiger partial charge in [-0.1, -0.05) is 34.3 Å². The number of esters is 1. The second kappa shape index (κ2) is 7.79. The number of rotatable bonds is 7. The van der Waals surface area contributed by atoms with E-state index in [0.29, 0.717) is 31.3 Å². The van der Waals surface area contributed by atoms with Gasteiger partial charge in [0.15, 0.2) is 17.9 Å². The molecule has 0 aromatic carbocycles. The number of ether oxygens (including phenoxy) is 6. The van der Waals surface area contributed by atoms with E-state index in [9.17, 15) is 4.79 Å². The van der Waals surface area contributed by atoms with Gasteiger partial charge in [0.25, 0.3) is 0 Å². The Labute approximate surface area is 161 Å². The Hall–Kier alpha value is -0.990. The third-order valence-electron chi connectivity index (χ3n) is 5.86. The second-order valence-corrected chi connectivity index (χ2v) is 7.52. The second-order valence-electron chi connectivity index (χ2n) is 7.52. The topological polar surface area (TPSA) is 72.5 Å². The molecule has 3 saturated heterocycles. The van der Waals surface area contributed by atoms with Gasteiger partial charge in [0, 0.05) is 5.57 Å². The van der Waals surface area contributed by atoms with E-state index < -0.39 is 36.0 Å². The van der Waals surface area contributed by atoms with Gasteiger partial charge < -0.3 is 28.4 Å². The van der Waals surface area contributed by atoms with Gasteiger partial charge in [-0.15, -0.1) is 0 Å². The Bertz CT molecular complexity index is 567. The Balaban J connectivity index is 1.82. The first-order valence-electron chi connectivity index (χ1n) is 10.0. The van der Waals surface area contributed by atoms with Crippen molar-refractivity contribution < 1.29 is 33.2 Å². The maximum atomic E-state index is 11.8. The number of hydrogen-bond acceptors (Lipinski definition) is 7. The lowest BCUT2D eigenvalue weighted by Gasteiger charge is -2.36. The van der Waals surface area contributed by atoms with Crippen LogP contribution in [0, 0.1) is 0 Å². The van der Waals surface area contributed by atoms with E-state index in [-0.39, 0.29) is 18.8 Å². The quantitative estimate of drug-likeness (QED) is 0.493. The molecule has 0 bridgehead atoms. The van der Waals surface area contributed by atoms with E-state index in [1.807, 2.05) is 27.7 Å². The lowest BCUT2D eigenvalue weighted by molar-refractivity contribution is -0.250. The molecular weight excluding hydrogens is 352 g/mol. The summed E-state index contributed by atoms with van der Waals surface area (Å²) in [5.41, 5.74) is 0.344. The number of hydrogen-bond donors (Lipinski definition) is 0. The van der Waals surface area contributed by atoms with E-state index >= 15 is 0 Å². The van der Waals surface area contributed by atoms with Gasteiger partial charge in [-0.2, -0.15) is 0 Å². The van der Waals surface area contributed by atoms with Gasteiger partial charge in [0.05, 0.1) is 0 Å². The lowest BCUT2D eigenvalue weighted by atomic mass is 9.99. The van der Waals surface area contributed by atoms with Crippen molar-refractivity contribution in [3.8, 4) is 0 Å². The largest absolute Gasteiger partial charge is 0.459 e. The highest BCUT2D eigenvalue weighted by atomic mass is 16.9. The lowest BCUT2D eigenvalue weighted by Crippen LogP contribution is -2.56. The van der Waals surface area contributed by atoms with Crippen LogP contribution in [-0.2, 0) is 33.2 Å². The summed E-state index contributed by atoms with van der Waals surface area (Å²) in [5.74, 6) is -1.82. The summed E-state index contributed by atoms with van der Waals surface area (Å²) in [7, 11) is 0. The van der Waals surface area contributed by atoms with E-state index in [4.69, 9.17) is 28.4 Å². The molecule has 27 heavy (non-hydrogen) atoms. The van der Waals surface area contributed by atoms with Crippen LogP contribution in [0.25, 0.3) is 0 Å². The monoisotopic (exact) mass is 384 g/mol. The molecule has 0 aromatic rings. The molecule has 3 heterocycles. The predicted molar refractivity (Wildman–Crippen MR) is 96.8 cm³/mol. The van der Waals surface area contributed by atoms with Crippen molar-refractivity contribution in [2.75, 3.05) is 6.61 Å². The molecule has 0 aliphatic carbocycles. The summed E-state index contributed by atoms with van der Waals surface area (Å²) < 4.78 is 36.6. The highest BCUT2D eigenvalue weighted by Gasteiger charge is 2.62. The normalized spacial score (nSPS) is 36.1. The molecule has 0 N–H and O–H groups in total. The van der Waals surface area contributed by atoms with Gasteiger partial charge in [0.1, 0.15) is 31.0 Å². The molecule has 0 amide bonds. The summed E-state index contributed by atoms with van der Waals surface area (Å²) in [4.78, 5) is 11.8. The van der Waals surface area contributed by atoms with Gasteiger partial charge in [-0.05, 0) is 32.6 Å². The molecule has 0 radical (unpaired) electrons. The van der Waals surface area contributed by atoms with Gasteiger partial charge in [-0.3, -0.25) is 0 Å². The SMILES string of the molecule is C=C(C)C(=O)OC[C@H]1O[C@@H]2OC(CC)(CC)O[C@@H]2[C@H]2OC(CC)(CC)O[C@H]21. The van der Waals surface area contributed by atoms with Gasteiger partial charge >= 0.3 is 5.97 Å². The first-order valence-corrected chi connectivity index (χ1v) is 10.0. The van der Waals surface area contributed by atoms with Crippen molar-refractivity contribution in [3.63, 3.8) is 0 Å². The number of fused-ring (bicyclic) bond motifs is 3. The van der Waals surface area contributed by atoms with Crippen molar-refractivity contribution in [2.24, 2.45) is 0 Å². The van der Waals surface area contributed by atoms with Crippen LogP contribution in [0.1, 0.15) is 60.3 Å². The Morgan fingerprint density at radius 2 is 1.41 bits per heavy atom. The van der Waals surface area contributed by atoms with Crippen molar-refractivity contribution in [1.82, 2.24) is 0 Å². The average Bonchev–Trinajstić information content (AvgIpc) is 3.25. The van der Waals surface area contributed by atoms with Crippen LogP contribution in [0.5, 0.6) is 0 Å². The van der Waals surface area contributed by atoms with Crippen LogP contribution in [0.4, 0.5) is 0 Å². The van der Waals surface area contributed by atoms with Crippen molar-refractivity contribution in [3.05, 3.63) is 12.2 Å². The molecule has 0 saturated carbocycles. The van der Waals surface area contributed by atoms with Gasteiger partial charge in [-0.25, -0.2) is 4.79 Å². The Kier molecular flexibility index (Phi) is 5.99. The van der Waals surface area contributed by atoms with Crippen LogP contribution < -0.4 is 0 Å². The summed E-state index contributed by atoms with van der Waals surface area (Å²) in [6, 6.07) is 0. The summed E-state index contributed by atoms with van der Waals surface area (Å²) in [5, 5.41) is 0. The maximum absolute atomic E-state index is 11.8. The molecule has 5 atom stereocenters. The minimum absolute atomic E-state index is 0.0531. The highest BCUT2D eigenvalue weighted by molar-refractivity contribution is 5.86. The van der Waals surface area contributed by atoms with E-state index in [0.717, 1.165) is 0 Å². The molecule has 7 heteroatoms. The fraction of sp³-hybridized carbons (Fsp3) is 0.850. The van der Waals surface area contributed by atoms with Crippen LogP contribution in [0.2, 0.25) is 0 Å². The zero-order valence-corrected chi connectivity index (χ0v) is 17.0. The molecule has 3 aliphatic rings. The standard InChI is InChI=1S/C20H32O7/c1-7-19(8-2)24-14-13(11-22-17(21)12(5)6)23-18-16(15(14)25-19)26-20(9-3,10-4)27-18/h13-16,18H,5,7-11H2,1-4,6H3/t13-,14+,15+,16-,18-/m1/s1. The zero-order chi connectivity index (χ0) is 19.8. The molecule has 0 unspecified atom stereocenters. The van der Waals surface area contributed by atoms with Crippen molar-refractivity contribution in [2.45, 2.75) is 103 Å². The molecule has 154 valence electrons. The molecule has 7 nitrogen and oxygen atoms in total. The first-order chi connectivity index (χ1) is 12.8. The minimum Gasteiger partial charge on any atom is -0.459 e. The molecule has 0 aromatic heterocycles. The van der Waals surface area contributed by atoms with Crippen molar-refractivity contribution in [1.29, 1.82) is 0 Å². The molecule has 3 aliphatic heterocycles. The number of carbonyl (C=O) groups is 1. The van der Waals surface area contributed by atoms with E-state index in [1.54, 1.807) is 6.92 Å². The molecule has 3 fully saturated rings. The summed E-state index contributed by atoms with van der Waals surface area (Å²) in [6.45, 7) is 13.4. The third kappa shape index (κ3) is 3.68. The molecule has 0 spiro atoms. The average molecular weight is 384 g/mol. The molecular formula is C20H32O7. The van der Waals surface area contributed by atoms with E-state index in [1.165, 1.54) is 0 Å². The fourth-order valence-electron chi connectivity index (χ4n) is 3.97. The third-order valence-corrected chi connectivity index (χ3v) is 5.86. The maximum Gasteiger partial charge on any atom is 0.333 e. The predicted octanol–water partition coefficient (Wildman–Crippen LogP) is 3.06. The van der Waals surface area contributed by atoms with Crippen LogP contribution >= 0.6 is 0 Å². The highest BCUT2D eigenvalue weighted by Crippen LogP contribution is 2.47. The summed E-state index contributed by atoms with van der Waals surface area (Å²) in [6.07, 6.45) is 0.664. The Morgan fingerprint density at radius 1 is 0.889 bits per heavy atom. The number of carbonyl (C=O) groups excluding carboxylic acids is 1. The summed E-state index contributed by atoms with van der Waals surface area (Å²) >= 11 is 0. The first kappa shape index (κ1) is 20.7. The smallest absolute Gasteiger partial charge is 0.333 e. The molecule has 3 rings (SSSR count). The van der Waals surface area contributed by atoms with Gasteiger partial charge in [0.2, 0.25) is 0 Å². The zero-order valence-electron chi connectivity index (χ0n) is 17.0. The van der Waals surface area contributed by atoms with E-state index in [2.05, 4.69) is 6.58 Å². The van der Waals surface area contributed by atoms with Crippen molar-refractivity contribution >= 4 is 5.97 Å². The fourth-order valence-corrected chi connectivity index (χ4v) is 3.97. The minimum atomic E-state index is -0.684. The van der Waals surface area contributed by atoms with Crippen LogP contribution in [0.15, 0.2) is 12.2 Å².